The monoisotopic (exact) mass is 889 g/mol. The summed E-state index contributed by atoms with van der Waals surface area (Å²) in [5, 5.41) is 0. The molecule has 366 valence electrons. The first-order valence-electron chi connectivity index (χ1n) is 26.8. The summed E-state index contributed by atoms with van der Waals surface area (Å²) in [5.41, 5.74) is 0. The largest absolute Gasteiger partial charge is 0.462 e. The molecule has 0 saturated carbocycles. The van der Waals surface area contributed by atoms with Crippen molar-refractivity contribution in [3.63, 3.8) is 0 Å². The van der Waals surface area contributed by atoms with Crippen LogP contribution in [0.25, 0.3) is 0 Å². The Morgan fingerprint density at radius 2 is 0.703 bits per heavy atom. The number of carbonyl (C=O) groups excluding carboxylic acids is 2. The highest BCUT2D eigenvalue weighted by Crippen LogP contribution is 2.13. The molecule has 1 unspecified atom stereocenters. The molecule has 5 heteroatoms. The molecule has 0 rings (SSSR count). The molecule has 0 amide bonds. The molecule has 0 saturated heterocycles. The Balaban J connectivity index is 4.33. The Bertz CT molecular complexity index is 1230. The number of ether oxygens (including phenoxy) is 3. The molecule has 0 N–H and O–H groups in total. The summed E-state index contributed by atoms with van der Waals surface area (Å²) in [4.78, 5) is 25.4. The lowest BCUT2D eigenvalue weighted by atomic mass is 10.1. The van der Waals surface area contributed by atoms with Crippen LogP contribution in [-0.4, -0.2) is 37.9 Å². The second-order valence-corrected chi connectivity index (χ2v) is 17.4. The quantitative estimate of drug-likeness (QED) is 0.0346. The third-order valence-electron chi connectivity index (χ3n) is 11.1. The lowest BCUT2D eigenvalue weighted by Crippen LogP contribution is -2.30. The smallest absolute Gasteiger partial charge is 0.306 e. The second kappa shape index (κ2) is 54.2. The fourth-order valence-corrected chi connectivity index (χ4v) is 7.16. The maximum absolute atomic E-state index is 12.8. The van der Waals surface area contributed by atoms with Crippen molar-refractivity contribution >= 4 is 11.9 Å². The topological polar surface area (TPSA) is 61.8 Å². The highest BCUT2D eigenvalue weighted by molar-refractivity contribution is 5.70. The van der Waals surface area contributed by atoms with Gasteiger partial charge in [-0.2, -0.15) is 0 Å². The minimum Gasteiger partial charge on any atom is -0.462 e. The van der Waals surface area contributed by atoms with Crippen molar-refractivity contribution in [2.45, 2.75) is 245 Å². The van der Waals surface area contributed by atoms with E-state index in [1.54, 1.807) is 0 Å². The average Bonchev–Trinajstić information content (AvgIpc) is 3.30. The van der Waals surface area contributed by atoms with Gasteiger partial charge in [0.15, 0.2) is 6.10 Å². The van der Waals surface area contributed by atoms with Crippen LogP contribution < -0.4 is 0 Å². The molecule has 0 aliphatic rings. The van der Waals surface area contributed by atoms with E-state index in [1.165, 1.54) is 96.3 Å². The number of allylic oxidation sites excluding steroid dienone is 16. The van der Waals surface area contributed by atoms with Crippen molar-refractivity contribution in [3.8, 4) is 0 Å². The minimum absolute atomic E-state index is 0.0589. The minimum atomic E-state index is -0.566. The Morgan fingerprint density at radius 1 is 0.359 bits per heavy atom. The molecule has 0 aromatic rings. The molecular weight excluding hydrogens is 789 g/mol. The van der Waals surface area contributed by atoms with Crippen molar-refractivity contribution in [2.24, 2.45) is 0 Å². The van der Waals surface area contributed by atoms with Crippen LogP contribution in [0.2, 0.25) is 0 Å². The third-order valence-corrected chi connectivity index (χ3v) is 11.1. The van der Waals surface area contributed by atoms with Crippen LogP contribution in [0.5, 0.6) is 0 Å². The van der Waals surface area contributed by atoms with Crippen molar-refractivity contribution in [1.29, 1.82) is 0 Å². The van der Waals surface area contributed by atoms with E-state index in [0.717, 1.165) is 109 Å². The molecule has 0 aromatic carbocycles. The highest BCUT2D eigenvalue weighted by atomic mass is 16.6. The number of rotatable bonds is 48. The van der Waals surface area contributed by atoms with Crippen LogP contribution in [0.3, 0.4) is 0 Å². The number of unbranched alkanes of at least 4 members (excludes halogenated alkanes) is 21. The number of hydrogen-bond acceptors (Lipinski definition) is 5. The van der Waals surface area contributed by atoms with E-state index in [9.17, 15) is 9.59 Å². The van der Waals surface area contributed by atoms with Gasteiger partial charge < -0.3 is 14.2 Å². The molecule has 0 bridgehead atoms. The van der Waals surface area contributed by atoms with Crippen molar-refractivity contribution in [2.75, 3.05) is 19.8 Å². The lowest BCUT2D eigenvalue weighted by Gasteiger charge is -2.18. The van der Waals surface area contributed by atoms with E-state index >= 15 is 0 Å². The van der Waals surface area contributed by atoms with Gasteiger partial charge in [-0.1, -0.05) is 208 Å². The fraction of sp³-hybridized carbons (Fsp3) is 0.695. The van der Waals surface area contributed by atoms with E-state index in [-0.39, 0.29) is 25.2 Å². The van der Waals surface area contributed by atoms with Gasteiger partial charge in [-0.25, -0.2) is 0 Å². The van der Waals surface area contributed by atoms with E-state index in [2.05, 4.69) is 118 Å². The Hall–Kier alpha value is -3.18. The zero-order valence-electron chi connectivity index (χ0n) is 42.0. The fourth-order valence-electron chi connectivity index (χ4n) is 7.16. The van der Waals surface area contributed by atoms with Gasteiger partial charge in [0.25, 0.3) is 0 Å². The SMILES string of the molecule is CC/C=C\C/C=C\C/C=C\C/C=C\CCCCCCCCC(=O)OCC(COCCCCCCCC/C=C\CCCCCCCC)OC(=O)CCCCC/C=C\C/C=C\C/C=C\CC. The normalized spacial score (nSPS) is 13.0. The van der Waals surface area contributed by atoms with Gasteiger partial charge in [-0.15, -0.1) is 0 Å². The molecule has 64 heavy (non-hydrogen) atoms. The van der Waals surface area contributed by atoms with Gasteiger partial charge in [0, 0.05) is 19.4 Å². The number of esters is 2. The van der Waals surface area contributed by atoms with Crippen molar-refractivity contribution < 1.29 is 23.8 Å². The zero-order valence-corrected chi connectivity index (χ0v) is 42.0. The van der Waals surface area contributed by atoms with Crippen molar-refractivity contribution in [1.82, 2.24) is 0 Å². The molecule has 0 radical (unpaired) electrons. The van der Waals surface area contributed by atoms with Crippen LogP contribution in [-0.2, 0) is 23.8 Å². The first kappa shape index (κ1) is 60.8. The predicted molar refractivity (Wildman–Crippen MR) is 279 cm³/mol. The lowest BCUT2D eigenvalue weighted by molar-refractivity contribution is -0.163. The summed E-state index contributed by atoms with van der Waals surface area (Å²) in [7, 11) is 0. The zero-order chi connectivity index (χ0) is 46.3. The summed E-state index contributed by atoms with van der Waals surface area (Å²) >= 11 is 0. The van der Waals surface area contributed by atoms with Gasteiger partial charge in [0.1, 0.15) is 6.61 Å². The molecule has 0 heterocycles. The van der Waals surface area contributed by atoms with Gasteiger partial charge in [0.2, 0.25) is 0 Å². The summed E-state index contributed by atoms with van der Waals surface area (Å²) in [5.74, 6) is -0.452. The van der Waals surface area contributed by atoms with Crippen LogP contribution in [0.4, 0.5) is 0 Å². The first-order chi connectivity index (χ1) is 31.6. The Morgan fingerprint density at radius 3 is 1.16 bits per heavy atom. The summed E-state index contributed by atoms with van der Waals surface area (Å²) in [6.07, 6.45) is 72.8. The van der Waals surface area contributed by atoms with E-state index in [4.69, 9.17) is 14.2 Å². The number of carbonyl (C=O) groups is 2. The highest BCUT2D eigenvalue weighted by Gasteiger charge is 2.17. The molecule has 0 aromatic heterocycles. The van der Waals surface area contributed by atoms with Crippen LogP contribution in [0.15, 0.2) is 97.2 Å². The van der Waals surface area contributed by atoms with Gasteiger partial charge >= 0.3 is 11.9 Å². The van der Waals surface area contributed by atoms with Crippen LogP contribution in [0, 0.1) is 0 Å². The molecule has 5 nitrogen and oxygen atoms in total. The van der Waals surface area contributed by atoms with E-state index in [0.29, 0.717) is 19.4 Å². The maximum atomic E-state index is 12.8. The molecule has 0 aliphatic carbocycles. The van der Waals surface area contributed by atoms with Gasteiger partial charge in [-0.05, 0) is 116 Å². The van der Waals surface area contributed by atoms with Crippen molar-refractivity contribution in [3.05, 3.63) is 97.2 Å². The summed E-state index contributed by atoms with van der Waals surface area (Å²) in [6.45, 7) is 7.54. The Labute approximate surface area is 396 Å². The van der Waals surface area contributed by atoms with E-state index in [1.807, 2.05) is 0 Å². The van der Waals surface area contributed by atoms with Gasteiger partial charge in [-0.3, -0.25) is 9.59 Å². The summed E-state index contributed by atoms with van der Waals surface area (Å²) < 4.78 is 17.4. The van der Waals surface area contributed by atoms with E-state index < -0.39 is 6.10 Å². The predicted octanol–water partition coefficient (Wildman–Crippen LogP) is 18.2. The second-order valence-electron chi connectivity index (χ2n) is 17.4. The third kappa shape index (κ3) is 51.5. The molecule has 0 fully saturated rings. The molecule has 0 spiro atoms. The van der Waals surface area contributed by atoms with Crippen LogP contribution >= 0.6 is 0 Å². The molecular formula is C59H100O5. The molecule has 0 aliphatic heterocycles. The summed E-state index contributed by atoms with van der Waals surface area (Å²) in [6, 6.07) is 0. The maximum Gasteiger partial charge on any atom is 0.306 e. The molecule has 1 atom stereocenters. The number of hydrogen-bond donors (Lipinski definition) is 0. The van der Waals surface area contributed by atoms with Crippen LogP contribution in [0.1, 0.15) is 239 Å². The van der Waals surface area contributed by atoms with Gasteiger partial charge in [0.05, 0.1) is 6.61 Å². The Kier molecular flexibility index (Phi) is 51.5. The standard InChI is InChI=1S/C59H100O5/c1-4-7-10-13-16-19-22-25-27-29-30-31-32-35-37-40-43-46-49-52-58(60)63-56-57(64-59(61)53-50-47-44-41-38-34-24-21-18-15-12-9-6-3)55-62-54-51-48-45-42-39-36-33-28-26-23-20-17-14-11-8-5-2/h7,9-10,12,16,18-19,21,25-28,30-31,34,38,57H,4-6,8,11,13-15,17,20,22-24,29,32-33,35-37,39-56H2,1-3H3/b10-7-,12-9-,19-16-,21-18-,27-25-,28-26-,31-30-,38-34-. The first-order valence-corrected chi connectivity index (χ1v) is 26.8. The average molecular weight is 889 g/mol.